The van der Waals surface area contributed by atoms with Gasteiger partial charge in [0.25, 0.3) is 0 Å². The largest absolute Gasteiger partial charge is 0.492 e. The highest BCUT2D eigenvalue weighted by Crippen LogP contribution is 2.20. The lowest BCUT2D eigenvalue weighted by molar-refractivity contribution is 0.328. The van der Waals surface area contributed by atoms with Gasteiger partial charge < -0.3 is 15.0 Å². The topological polar surface area (TPSA) is 66.0 Å². The normalized spacial score (nSPS) is 10.5. The van der Waals surface area contributed by atoms with Gasteiger partial charge in [0.2, 0.25) is 0 Å². The molecule has 17 heavy (non-hydrogen) atoms. The molecular weight excluding hydrogens is 216 g/mol. The van der Waals surface area contributed by atoms with Crippen LogP contribution >= 0.6 is 0 Å². The van der Waals surface area contributed by atoms with Crippen LogP contribution in [0, 0.1) is 6.92 Å². The molecule has 0 aliphatic heterocycles. The molecule has 1 aromatic heterocycles. The van der Waals surface area contributed by atoms with Gasteiger partial charge in [-0.15, -0.1) is 10.2 Å². The number of benzene rings is 1. The molecule has 2 aromatic rings. The number of nitrogens with two attached hydrogens (primary N) is 1. The third-order valence-electron chi connectivity index (χ3n) is 2.59. The second-order valence-corrected chi connectivity index (χ2v) is 3.79. The minimum absolute atomic E-state index is 0.518. The van der Waals surface area contributed by atoms with Crippen molar-refractivity contribution in [1.82, 2.24) is 14.8 Å². The van der Waals surface area contributed by atoms with Crippen LogP contribution in [-0.4, -0.2) is 27.9 Å². The maximum absolute atomic E-state index is 5.41. The lowest BCUT2D eigenvalue weighted by Crippen LogP contribution is -2.10. The van der Waals surface area contributed by atoms with Crippen LogP contribution in [0.1, 0.15) is 5.82 Å². The first-order valence-corrected chi connectivity index (χ1v) is 5.51. The smallest absolute Gasteiger partial charge is 0.163 e. The van der Waals surface area contributed by atoms with Crippen molar-refractivity contribution in [2.45, 2.75) is 6.92 Å². The third kappa shape index (κ3) is 2.45. The number of rotatable bonds is 4. The fraction of sp³-hybridized carbons (Fsp3) is 0.333. The van der Waals surface area contributed by atoms with E-state index in [-0.39, 0.29) is 0 Å². The fourth-order valence-electron chi connectivity index (χ4n) is 1.54. The Bertz CT molecular complexity index is 490. The predicted octanol–water partition coefficient (Wildman–Crippen LogP) is 1.13. The summed E-state index contributed by atoms with van der Waals surface area (Å²) in [7, 11) is 1.95. The molecule has 90 valence electrons. The number of nitrogens with zero attached hydrogens (tertiary/aromatic N) is 3. The zero-order valence-corrected chi connectivity index (χ0v) is 10.1. The first-order valence-electron chi connectivity index (χ1n) is 5.51. The Kier molecular flexibility index (Phi) is 3.39. The number of ether oxygens (including phenoxy) is 1. The molecule has 5 nitrogen and oxygen atoms in total. The van der Waals surface area contributed by atoms with Crippen LogP contribution in [0.4, 0.5) is 0 Å². The van der Waals surface area contributed by atoms with Gasteiger partial charge in [-0.05, 0) is 31.2 Å². The van der Waals surface area contributed by atoms with Gasteiger partial charge in [-0.25, -0.2) is 0 Å². The Morgan fingerprint density at radius 3 is 2.47 bits per heavy atom. The van der Waals surface area contributed by atoms with E-state index in [0.717, 1.165) is 23.0 Å². The fourth-order valence-corrected chi connectivity index (χ4v) is 1.54. The maximum Gasteiger partial charge on any atom is 0.163 e. The molecular formula is C12H16N4O. The molecule has 0 radical (unpaired) electrons. The Balaban J connectivity index is 2.20. The van der Waals surface area contributed by atoms with Gasteiger partial charge in [-0.1, -0.05) is 0 Å². The molecule has 0 atom stereocenters. The summed E-state index contributed by atoms with van der Waals surface area (Å²) in [6.45, 7) is 2.97. The quantitative estimate of drug-likeness (QED) is 0.858. The van der Waals surface area contributed by atoms with E-state index in [1.807, 2.05) is 42.8 Å². The van der Waals surface area contributed by atoms with E-state index in [0.29, 0.717) is 13.2 Å². The molecule has 5 heteroatoms. The lowest BCUT2D eigenvalue weighted by Gasteiger charge is -2.05. The second-order valence-electron chi connectivity index (χ2n) is 3.79. The highest BCUT2D eigenvalue weighted by Gasteiger charge is 2.07. The van der Waals surface area contributed by atoms with E-state index in [2.05, 4.69) is 10.2 Å². The van der Waals surface area contributed by atoms with Gasteiger partial charge >= 0.3 is 0 Å². The second kappa shape index (κ2) is 4.97. The first kappa shape index (κ1) is 11.6. The third-order valence-corrected chi connectivity index (χ3v) is 2.59. The highest BCUT2D eigenvalue weighted by molar-refractivity contribution is 5.56. The molecule has 0 amide bonds. The minimum Gasteiger partial charge on any atom is -0.492 e. The van der Waals surface area contributed by atoms with Crippen molar-refractivity contribution in [3.63, 3.8) is 0 Å². The summed E-state index contributed by atoms with van der Waals surface area (Å²) in [6.07, 6.45) is 0. The predicted molar refractivity (Wildman–Crippen MR) is 65.7 cm³/mol. The summed E-state index contributed by atoms with van der Waals surface area (Å²) < 4.78 is 7.37. The molecule has 2 N–H and O–H groups in total. The summed E-state index contributed by atoms with van der Waals surface area (Å²) >= 11 is 0. The Morgan fingerprint density at radius 1 is 1.24 bits per heavy atom. The number of aryl methyl sites for hydroxylation is 1. The van der Waals surface area contributed by atoms with E-state index in [4.69, 9.17) is 10.5 Å². The zero-order chi connectivity index (χ0) is 12.3. The summed E-state index contributed by atoms with van der Waals surface area (Å²) in [5, 5.41) is 8.16. The van der Waals surface area contributed by atoms with Crippen LogP contribution in [-0.2, 0) is 7.05 Å². The van der Waals surface area contributed by atoms with Crippen molar-refractivity contribution in [2.24, 2.45) is 12.8 Å². The van der Waals surface area contributed by atoms with Crippen molar-refractivity contribution in [1.29, 1.82) is 0 Å². The molecule has 0 spiro atoms. The van der Waals surface area contributed by atoms with Gasteiger partial charge in [-0.2, -0.15) is 0 Å². The first-order chi connectivity index (χ1) is 8.22. The van der Waals surface area contributed by atoms with Gasteiger partial charge in [0, 0.05) is 19.2 Å². The Morgan fingerprint density at radius 2 is 1.94 bits per heavy atom. The summed E-state index contributed by atoms with van der Waals surface area (Å²) in [6, 6.07) is 7.76. The van der Waals surface area contributed by atoms with Crippen molar-refractivity contribution in [2.75, 3.05) is 13.2 Å². The van der Waals surface area contributed by atoms with E-state index in [1.54, 1.807) is 0 Å². The van der Waals surface area contributed by atoms with E-state index >= 15 is 0 Å². The van der Waals surface area contributed by atoms with Crippen LogP contribution in [0.5, 0.6) is 5.75 Å². The molecule has 0 saturated carbocycles. The van der Waals surface area contributed by atoms with Crippen LogP contribution < -0.4 is 10.5 Å². The summed E-state index contributed by atoms with van der Waals surface area (Å²) in [5.41, 5.74) is 6.39. The molecule has 0 unspecified atom stereocenters. The number of hydrogen-bond acceptors (Lipinski definition) is 4. The molecule has 0 bridgehead atoms. The van der Waals surface area contributed by atoms with Gasteiger partial charge in [0.15, 0.2) is 5.82 Å². The van der Waals surface area contributed by atoms with Crippen LogP contribution in [0.15, 0.2) is 24.3 Å². The summed E-state index contributed by atoms with van der Waals surface area (Å²) in [4.78, 5) is 0. The SMILES string of the molecule is Cc1nnc(-c2ccc(OCCN)cc2)n1C. The Hall–Kier alpha value is -1.88. The molecule has 0 aliphatic rings. The average Bonchev–Trinajstić information content (AvgIpc) is 2.68. The maximum atomic E-state index is 5.41. The van der Waals surface area contributed by atoms with Gasteiger partial charge in [0.05, 0.1) is 0 Å². The standard InChI is InChI=1S/C12H16N4O/c1-9-14-15-12(16(9)2)10-3-5-11(6-4-10)17-8-7-13/h3-6H,7-8,13H2,1-2H3. The van der Waals surface area contributed by atoms with E-state index in [1.165, 1.54) is 0 Å². The number of aromatic nitrogens is 3. The Labute approximate surface area is 100 Å². The number of hydrogen-bond donors (Lipinski definition) is 1. The van der Waals surface area contributed by atoms with Crippen molar-refractivity contribution in [3.05, 3.63) is 30.1 Å². The molecule has 2 rings (SSSR count). The monoisotopic (exact) mass is 232 g/mol. The van der Waals surface area contributed by atoms with Crippen LogP contribution in [0.3, 0.4) is 0 Å². The molecule has 0 aliphatic carbocycles. The molecule has 0 fully saturated rings. The lowest BCUT2D eigenvalue weighted by atomic mass is 10.2. The van der Waals surface area contributed by atoms with Gasteiger partial charge in [0.1, 0.15) is 18.2 Å². The molecule has 1 aromatic carbocycles. The molecule has 1 heterocycles. The van der Waals surface area contributed by atoms with Crippen molar-refractivity contribution in [3.8, 4) is 17.1 Å². The van der Waals surface area contributed by atoms with E-state index in [9.17, 15) is 0 Å². The van der Waals surface area contributed by atoms with Gasteiger partial charge in [-0.3, -0.25) is 0 Å². The average molecular weight is 232 g/mol. The van der Waals surface area contributed by atoms with E-state index < -0.39 is 0 Å². The van der Waals surface area contributed by atoms with Crippen molar-refractivity contribution >= 4 is 0 Å². The van der Waals surface area contributed by atoms with Crippen LogP contribution in [0.25, 0.3) is 11.4 Å². The molecule has 0 saturated heterocycles. The van der Waals surface area contributed by atoms with Crippen molar-refractivity contribution < 1.29 is 4.74 Å². The summed E-state index contributed by atoms with van der Waals surface area (Å²) in [5.74, 6) is 2.56. The van der Waals surface area contributed by atoms with Crippen LogP contribution in [0.2, 0.25) is 0 Å². The highest BCUT2D eigenvalue weighted by atomic mass is 16.5. The minimum atomic E-state index is 0.518. The zero-order valence-electron chi connectivity index (χ0n) is 10.1.